The van der Waals surface area contributed by atoms with Crippen LogP contribution in [0.15, 0.2) is 17.8 Å². The molecule has 2 aliphatic rings. The molecule has 0 aromatic carbocycles. The van der Waals surface area contributed by atoms with Gasteiger partial charge in [-0.15, -0.1) is 11.3 Å². The lowest BCUT2D eigenvalue weighted by Crippen LogP contribution is -2.53. The summed E-state index contributed by atoms with van der Waals surface area (Å²) in [6.45, 7) is 1.52. The third kappa shape index (κ3) is 2.93. The topological polar surface area (TPSA) is 95.9 Å². The summed E-state index contributed by atoms with van der Waals surface area (Å²) in [6, 6.07) is 1.66. The molecule has 4 rings (SSSR count). The van der Waals surface area contributed by atoms with Gasteiger partial charge in [0.15, 0.2) is 6.10 Å². The van der Waals surface area contributed by atoms with Crippen LogP contribution < -0.4 is 4.90 Å². The number of aliphatic carboxylic acids is 1. The number of carbonyl (C=O) groups is 2. The minimum absolute atomic E-state index is 0.0472. The highest BCUT2D eigenvalue weighted by Gasteiger charge is 2.38. The van der Waals surface area contributed by atoms with Gasteiger partial charge in [0, 0.05) is 13.1 Å². The fraction of sp³-hybridized carbons (Fsp3) is 0.500. The molecular formula is C16H18N4O4S. The van der Waals surface area contributed by atoms with E-state index < -0.39 is 12.1 Å². The molecule has 25 heavy (non-hydrogen) atoms. The van der Waals surface area contributed by atoms with E-state index in [9.17, 15) is 9.59 Å². The van der Waals surface area contributed by atoms with Crippen LogP contribution in [0.4, 0.5) is 5.82 Å². The van der Waals surface area contributed by atoms with Gasteiger partial charge >= 0.3 is 5.97 Å². The Morgan fingerprint density at radius 3 is 3.04 bits per heavy atom. The molecule has 2 aromatic heterocycles. The van der Waals surface area contributed by atoms with E-state index in [0.717, 1.165) is 35.4 Å². The molecule has 2 aliphatic heterocycles. The molecule has 8 nitrogen and oxygen atoms in total. The number of morpholine rings is 1. The van der Waals surface area contributed by atoms with Gasteiger partial charge in [-0.3, -0.25) is 4.79 Å². The standard InChI is InChI=1S/C16H18N4O4S/c21-15(19-5-6-24-12(8-19)16(22)23)11-2-1-4-20(11)13-10-3-7-25-14(10)18-9-17-13/h3,7,9,11-12H,1-2,4-6,8H2,(H,22,23)/t11-,12+/m1/s1. The average molecular weight is 362 g/mol. The number of hydrogen-bond acceptors (Lipinski definition) is 7. The zero-order valence-electron chi connectivity index (χ0n) is 13.5. The van der Waals surface area contributed by atoms with Crippen molar-refractivity contribution in [1.82, 2.24) is 14.9 Å². The molecule has 4 heterocycles. The van der Waals surface area contributed by atoms with Crippen molar-refractivity contribution in [1.29, 1.82) is 0 Å². The van der Waals surface area contributed by atoms with Crippen LogP contribution in [0.5, 0.6) is 0 Å². The first-order valence-corrected chi connectivity index (χ1v) is 9.11. The van der Waals surface area contributed by atoms with Crippen molar-refractivity contribution in [2.24, 2.45) is 0 Å². The van der Waals surface area contributed by atoms with Crippen LogP contribution in [0.25, 0.3) is 10.2 Å². The lowest BCUT2D eigenvalue weighted by molar-refractivity contribution is -0.159. The van der Waals surface area contributed by atoms with E-state index in [1.54, 1.807) is 16.2 Å². The quantitative estimate of drug-likeness (QED) is 0.869. The predicted molar refractivity (Wildman–Crippen MR) is 91.7 cm³/mol. The van der Waals surface area contributed by atoms with Crippen molar-refractivity contribution >= 4 is 39.2 Å². The van der Waals surface area contributed by atoms with Crippen LogP contribution in [0, 0.1) is 0 Å². The summed E-state index contributed by atoms with van der Waals surface area (Å²) in [7, 11) is 0. The number of carboxylic acids is 1. The van der Waals surface area contributed by atoms with Gasteiger partial charge in [-0.2, -0.15) is 0 Å². The summed E-state index contributed by atoms with van der Waals surface area (Å²) < 4.78 is 5.21. The first kappa shape index (κ1) is 16.2. The number of anilines is 1. The first-order valence-electron chi connectivity index (χ1n) is 8.23. The molecule has 0 radical (unpaired) electrons. The number of carbonyl (C=O) groups excluding carboxylic acids is 1. The highest BCUT2D eigenvalue weighted by molar-refractivity contribution is 7.16. The number of hydrogen-bond donors (Lipinski definition) is 1. The number of thiophene rings is 1. The van der Waals surface area contributed by atoms with Gasteiger partial charge in [-0.1, -0.05) is 0 Å². The van der Waals surface area contributed by atoms with Crippen molar-refractivity contribution in [3.8, 4) is 0 Å². The molecule has 2 fully saturated rings. The van der Waals surface area contributed by atoms with Crippen LogP contribution in [0.1, 0.15) is 12.8 Å². The summed E-state index contributed by atoms with van der Waals surface area (Å²) in [5.74, 6) is -0.296. The Morgan fingerprint density at radius 2 is 2.20 bits per heavy atom. The molecule has 9 heteroatoms. The molecule has 1 amide bonds. The molecular weight excluding hydrogens is 344 g/mol. The Hall–Kier alpha value is -2.26. The van der Waals surface area contributed by atoms with Crippen LogP contribution in [0.2, 0.25) is 0 Å². The van der Waals surface area contributed by atoms with Crippen molar-refractivity contribution in [2.75, 3.05) is 31.1 Å². The number of rotatable bonds is 3. The van der Waals surface area contributed by atoms with E-state index in [-0.39, 0.29) is 25.1 Å². The van der Waals surface area contributed by atoms with E-state index in [1.807, 2.05) is 16.3 Å². The summed E-state index contributed by atoms with van der Waals surface area (Å²) in [5.41, 5.74) is 0. The van der Waals surface area contributed by atoms with Crippen LogP contribution in [0.3, 0.4) is 0 Å². The molecule has 2 aromatic rings. The second-order valence-electron chi connectivity index (χ2n) is 6.17. The molecule has 0 unspecified atom stereocenters. The number of fused-ring (bicyclic) bond motifs is 1. The second kappa shape index (κ2) is 6.57. The fourth-order valence-electron chi connectivity index (χ4n) is 3.49. The van der Waals surface area contributed by atoms with Gasteiger partial charge in [-0.05, 0) is 24.3 Å². The van der Waals surface area contributed by atoms with Gasteiger partial charge in [-0.25, -0.2) is 14.8 Å². The van der Waals surface area contributed by atoms with Crippen molar-refractivity contribution in [3.63, 3.8) is 0 Å². The monoisotopic (exact) mass is 362 g/mol. The van der Waals surface area contributed by atoms with Crippen LogP contribution in [-0.4, -0.2) is 70.2 Å². The largest absolute Gasteiger partial charge is 0.479 e. The minimum Gasteiger partial charge on any atom is -0.479 e. The summed E-state index contributed by atoms with van der Waals surface area (Å²) in [4.78, 5) is 37.4. The Morgan fingerprint density at radius 1 is 1.32 bits per heavy atom. The molecule has 0 saturated carbocycles. The maximum atomic E-state index is 13.0. The number of amides is 1. The van der Waals surface area contributed by atoms with E-state index in [0.29, 0.717) is 6.54 Å². The third-order valence-electron chi connectivity index (χ3n) is 4.70. The normalized spacial score (nSPS) is 24.0. The van der Waals surface area contributed by atoms with Gasteiger partial charge < -0.3 is 19.6 Å². The minimum atomic E-state index is -1.03. The molecule has 2 atom stereocenters. The van der Waals surface area contributed by atoms with Crippen LogP contribution in [-0.2, 0) is 14.3 Å². The van der Waals surface area contributed by atoms with Gasteiger partial charge in [0.25, 0.3) is 0 Å². The summed E-state index contributed by atoms with van der Waals surface area (Å²) in [6.07, 6.45) is 2.22. The molecule has 1 N–H and O–H groups in total. The maximum Gasteiger partial charge on any atom is 0.334 e. The molecule has 0 spiro atoms. The highest BCUT2D eigenvalue weighted by atomic mass is 32.1. The molecule has 0 aliphatic carbocycles. The van der Waals surface area contributed by atoms with E-state index in [1.165, 1.54) is 6.33 Å². The highest BCUT2D eigenvalue weighted by Crippen LogP contribution is 2.32. The van der Waals surface area contributed by atoms with Crippen molar-refractivity contribution < 1.29 is 19.4 Å². The number of nitrogens with zero attached hydrogens (tertiary/aromatic N) is 4. The Balaban J connectivity index is 1.58. The predicted octanol–water partition coefficient (Wildman–Crippen LogP) is 0.972. The summed E-state index contributed by atoms with van der Waals surface area (Å²) in [5, 5.41) is 12.1. The number of aromatic nitrogens is 2. The fourth-order valence-corrected chi connectivity index (χ4v) is 4.22. The summed E-state index contributed by atoms with van der Waals surface area (Å²) >= 11 is 1.55. The second-order valence-corrected chi connectivity index (χ2v) is 7.06. The first-order chi connectivity index (χ1) is 12.1. The lowest BCUT2D eigenvalue weighted by Gasteiger charge is -2.35. The lowest BCUT2D eigenvalue weighted by atomic mass is 10.1. The number of ether oxygens (including phenoxy) is 1. The van der Waals surface area contributed by atoms with E-state index in [2.05, 4.69) is 9.97 Å². The zero-order valence-corrected chi connectivity index (χ0v) is 14.3. The Labute approximate surface area is 148 Å². The van der Waals surface area contributed by atoms with E-state index in [4.69, 9.17) is 9.84 Å². The van der Waals surface area contributed by atoms with E-state index >= 15 is 0 Å². The number of carboxylic acid groups (broad SMARTS) is 1. The third-order valence-corrected chi connectivity index (χ3v) is 5.52. The maximum absolute atomic E-state index is 13.0. The van der Waals surface area contributed by atoms with Crippen LogP contribution >= 0.6 is 11.3 Å². The van der Waals surface area contributed by atoms with Gasteiger partial charge in [0.1, 0.15) is 23.0 Å². The van der Waals surface area contributed by atoms with Crippen molar-refractivity contribution in [3.05, 3.63) is 17.8 Å². The SMILES string of the molecule is O=C(O)[C@@H]1CN(C(=O)[C@H]2CCCN2c2ncnc3sccc23)CCO1. The molecule has 0 bridgehead atoms. The van der Waals surface area contributed by atoms with Gasteiger partial charge in [0.2, 0.25) is 5.91 Å². The van der Waals surface area contributed by atoms with Gasteiger partial charge in [0.05, 0.1) is 18.5 Å². The molecule has 132 valence electrons. The Bertz CT molecular complexity index is 810. The van der Waals surface area contributed by atoms with Crippen molar-refractivity contribution in [2.45, 2.75) is 25.0 Å². The zero-order chi connectivity index (χ0) is 17.4. The average Bonchev–Trinajstić information content (AvgIpc) is 3.30. The Kier molecular flexibility index (Phi) is 4.26. The smallest absolute Gasteiger partial charge is 0.334 e. The molecule has 2 saturated heterocycles.